The molecule has 2 aliphatic rings. The van der Waals surface area contributed by atoms with Gasteiger partial charge in [0.1, 0.15) is 0 Å². The molecular weight excluding hydrogens is 352 g/mol. The van der Waals surface area contributed by atoms with Crippen LogP contribution in [0.4, 0.5) is 11.4 Å². The fourth-order valence-electron chi connectivity index (χ4n) is 4.35. The van der Waals surface area contributed by atoms with Crippen LogP contribution in [0.25, 0.3) is 0 Å². The van der Waals surface area contributed by atoms with Gasteiger partial charge < -0.3 is 20.4 Å². The highest BCUT2D eigenvalue weighted by Crippen LogP contribution is 2.14. The molecule has 6 nitrogen and oxygen atoms in total. The van der Waals surface area contributed by atoms with Crippen LogP contribution < -0.4 is 20.4 Å². The summed E-state index contributed by atoms with van der Waals surface area (Å²) >= 11 is 0. The number of hydrogen-bond acceptors (Lipinski definition) is 2. The van der Waals surface area contributed by atoms with Crippen LogP contribution in [0.5, 0.6) is 0 Å². The van der Waals surface area contributed by atoms with Crippen molar-refractivity contribution in [2.24, 2.45) is 0 Å². The van der Waals surface area contributed by atoms with E-state index in [1.807, 2.05) is 24.3 Å². The lowest BCUT2D eigenvalue weighted by molar-refractivity contribution is -0.891. The third-order valence-corrected chi connectivity index (χ3v) is 5.87. The lowest BCUT2D eigenvalue weighted by Crippen LogP contribution is -3.12. The average molecular weight is 389 g/mol. The molecule has 0 saturated carbocycles. The molecule has 1 aromatic carbocycles. The number of rotatable bonds is 6. The van der Waals surface area contributed by atoms with Crippen LogP contribution in [-0.2, 0) is 9.59 Å². The van der Waals surface area contributed by atoms with Gasteiger partial charge in [0.15, 0.2) is 13.1 Å². The normalized spacial score (nSPS) is 19.4. The lowest BCUT2D eigenvalue weighted by Gasteiger charge is -2.17. The molecule has 1 aromatic rings. The molecule has 3 rings (SSSR count). The minimum Gasteiger partial charge on any atom is -0.327 e. The van der Waals surface area contributed by atoms with Crippen molar-refractivity contribution in [2.45, 2.75) is 51.4 Å². The Morgan fingerprint density at radius 1 is 0.679 bits per heavy atom. The number of benzene rings is 1. The summed E-state index contributed by atoms with van der Waals surface area (Å²) in [5.74, 6) is 0.101. The Kier molecular flexibility index (Phi) is 8.30. The van der Waals surface area contributed by atoms with Gasteiger partial charge in [-0.05, 0) is 69.6 Å². The monoisotopic (exact) mass is 388 g/mol. The van der Waals surface area contributed by atoms with Gasteiger partial charge in [0.25, 0.3) is 11.8 Å². The van der Waals surface area contributed by atoms with Crippen molar-refractivity contribution in [3.05, 3.63) is 24.3 Å². The molecule has 2 amide bonds. The SMILES string of the molecule is O=C(C[NH+]1CCCCCC1)Nc1cccc(NC(=O)C[NH+]2CCCCCC2)c1. The van der Waals surface area contributed by atoms with Gasteiger partial charge in [0, 0.05) is 11.4 Å². The van der Waals surface area contributed by atoms with Gasteiger partial charge in [-0.2, -0.15) is 0 Å². The van der Waals surface area contributed by atoms with Gasteiger partial charge in [-0.15, -0.1) is 0 Å². The fraction of sp³-hybridized carbons (Fsp3) is 0.636. The number of quaternary nitrogens is 2. The molecule has 154 valence electrons. The van der Waals surface area contributed by atoms with Crippen LogP contribution >= 0.6 is 0 Å². The predicted octanol–water partition coefficient (Wildman–Crippen LogP) is 0.481. The molecule has 4 N–H and O–H groups in total. The van der Waals surface area contributed by atoms with E-state index >= 15 is 0 Å². The molecule has 28 heavy (non-hydrogen) atoms. The highest BCUT2D eigenvalue weighted by atomic mass is 16.2. The fourth-order valence-corrected chi connectivity index (χ4v) is 4.35. The summed E-state index contributed by atoms with van der Waals surface area (Å²) in [6.07, 6.45) is 9.98. The molecule has 2 fully saturated rings. The van der Waals surface area contributed by atoms with E-state index in [9.17, 15) is 9.59 Å². The summed E-state index contributed by atoms with van der Waals surface area (Å²) in [5, 5.41) is 5.99. The smallest absolute Gasteiger partial charge is 0.279 e. The maximum atomic E-state index is 12.4. The van der Waals surface area contributed by atoms with Gasteiger partial charge in [-0.25, -0.2) is 0 Å². The third kappa shape index (κ3) is 7.24. The molecule has 0 radical (unpaired) electrons. The topological polar surface area (TPSA) is 67.1 Å². The molecule has 0 bridgehead atoms. The van der Waals surface area contributed by atoms with E-state index in [0.29, 0.717) is 13.1 Å². The Balaban J connectivity index is 1.47. The lowest BCUT2D eigenvalue weighted by atomic mass is 10.2. The van der Waals surface area contributed by atoms with Crippen LogP contribution in [0.1, 0.15) is 51.4 Å². The minimum absolute atomic E-state index is 0.0504. The number of hydrogen-bond donors (Lipinski definition) is 4. The van der Waals surface area contributed by atoms with Crippen molar-refractivity contribution < 1.29 is 19.4 Å². The van der Waals surface area contributed by atoms with Crippen molar-refractivity contribution in [1.82, 2.24) is 0 Å². The van der Waals surface area contributed by atoms with Crippen molar-refractivity contribution in [2.75, 3.05) is 49.9 Å². The first-order chi connectivity index (χ1) is 13.7. The summed E-state index contributed by atoms with van der Waals surface area (Å²) in [4.78, 5) is 27.5. The first-order valence-corrected chi connectivity index (χ1v) is 11.1. The van der Waals surface area contributed by atoms with Crippen LogP contribution in [0.15, 0.2) is 24.3 Å². The molecule has 0 spiro atoms. The van der Waals surface area contributed by atoms with Crippen LogP contribution in [0.2, 0.25) is 0 Å². The molecule has 0 atom stereocenters. The minimum atomic E-state index is 0.0504. The zero-order chi connectivity index (χ0) is 19.6. The summed E-state index contributed by atoms with van der Waals surface area (Å²) in [6, 6.07) is 7.49. The number of amides is 2. The van der Waals surface area contributed by atoms with E-state index in [2.05, 4.69) is 10.6 Å². The van der Waals surface area contributed by atoms with E-state index in [1.54, 1.807) is 0 Å². The van der Waals surface area contributed by atoms with Gasteiger partial charge in [-0.3, -0.25) is 9.59 Å². The number of nitrogens with one attached hydrogen (secondary N) is 4. The van der Waals surface area contributed by atoms with Gasteiger partial charge >= 0.3 is 0 Å². The Labute approximate surface area is 168 Å². The second-order valence-electron chi connectivity index (χ2n) is 8.36. The number of likely N-dealkylation sites (tertiary alicyclic amines) is 2. The van der Waals surface area contributed by atoms with Gasteiger partial charge in [0.2, 0.25) is 0 Å². The van der Waals surface area contributed by atoms with Crippen LogP contribution in [0.3, 0.4) is 0 Å². The van der Waals surface area contributed by atoms with Crippen molar-refractivity contribution in [3.63, 3.8) is 0 Å². The van der Waals surface area contributed by atoms with Crippen molar-refractivity contribution in [1.29, 1.82) is 0 Å². The standard InChI is InChI=1S/C22H34N4O2/c27-21(17-25-12-5-1-2-6-13-25)23-19-10-9-11-20(16-19)24-22(28)18-26-14-7-3-4-8-15-26/h9-11,16H,1-8,12-15,17-18H2,(H,23,27)(H,24,28)/p+2. The molecular formula is C22H36N4O2+2. The number of carbonyl (C=O) groups is 2. The first-order valence-electron chi connectivity index (χ1n) is 11.1. The van der Waals surface area contributed by atoms with E-state index < -0.39 is 0 Å². The number of carbonyl (C=O) groups excluding carboxylic acids is 2. The van der Waals surface area contributed by atoms with E-state index in [1.165, 1.54) is 61.2 Å². The van der Waals surface area contributed by atoms with Crippen molar-refractivity contribution >= 4 is 23.2 Å². The number of anilines is 2. The third-order valence-electron chi connectivity index (χ3n) is 5.87. The zero-order valence-electron chi connectivity index (χ0n) is 17.0. The summed E-state index contributed by atoms with van der Waals surface area (Å²) in [7, 11) is 0. The second-order valence-corrected chi connectivity index (χ2v) is 8.36. The Bertz CT molecular complexity index is 582. The van der Waals surface area contributed by atoms with E-state index in [-0.39, 0.29) is 11.8 Å². The van der Waals surface area contributed by atoms with Crippen LogP contribution in [-0.4, -0.2) is 51.1 Å². The molecule has 2 heterocycles. The van der Waals surface area contributed by atoms with Gasteiger partial charge in [-0.1, -0.05) is 6.07 Å². The van der Waals surface area contributed by atoms with Crippen molar-refractivity contribution in [3.8, 4) is 0 Å². The Morgan fingerprint density at radius 3 is 1.46 bits per heavy atom. The largest absolute Gasteiger partial charge is 0.327 e. The predicted molar refractivity (Wildman–Crippen MR) is 112 cm³/mol. The molecule has 0 aromatic heterocycles. The summed E-state index contributed by atoms with van der Waals surface area (Å²) < 4.78 is 0. The highest BCUT2D eigenvalue weighted by Gasteiger charge is 2.18. The maximum absolute atomic E-state index is 12.4. The summed E-state index contributed by atoms with van der Waals surface area (Å²) in [6.45, 7) is 5.39. The van der Waals surface area contributed by atoms with E-state index in [0.717, 1.165) is 37.6 Å². The Morgan fingerprint density at radius 2 is 1.07 bits per heavy atom. The highest BCUT2D eigenvalue weighted by molar-refractivity contribution is 5.94. The molecule has 2 saturated heterocycles. The molecule has 0 unspecified atom stereocenters. The zero-order valence-corrected chi connectivity index (χ0v) is 17.0. The average Bonchev–Trinajstić information content (AvgIpc) is 3.07. The Hall–Kier alpha value is -1.92. The quantitative estimate of drug-likeness (QED) is 0.573. The summed E-state index contributed by atoms with van der Waals surface area (Å²) in [5.41, 5.74) is 1.50. The molecule has 2 aliphatic heterocycles. The second kappa shape index (κ2) is 11.2. The van der Waals surface area contributed by atoms with Crippen LogP contribution in [0, 0.1) is 0 Å². The molecule has 0 aliphatic carbocycles. The van der Waals surface area contributed by atoms with E-state index in [4.69, 9.17) is 0 Å². The maximum Gasteiger partial charge on any atom is 0.279 e. The molecule has 6 heteroatoms. The first kappa shape index (κ1) is 20.8. The van der Waals surface area contributed by atoms with Gasteiger partial charge in [0.05, 0.1) is 26.2 Å².